The Balaban J connectivity index is 2.08. The number of hydrogen-bond acceptors (Lipinski definition) is 2. The number of anilines is 1. The molecule has 0 fully saturated rings. The van der Waals surface area contributed by atoms with Crippen LogP contribution in [-0.4, -0.2) is 0 Å². The van der Waals surface area contributed by atoms with Crippen molar-refractivity contribution in [3.05, 3.63) is 58.1 Å². The molecule has 17 heavy (non-hydrogen) atoms. The Kier molecular flexibility index (Phi) is 4.21. The van der Waals surface area contributed by atoms with Gasteiger partial charge in [-0.15, -0.1) is 11.8 Å². The van der Waals surface area contributed by atoms with Gasteiger partial charge in [0.2, 0.25) is 0 Å². The highest BCUT2D eigenvalue weighted by Gasteiger charge is 2.02. The SMILES string of the molecule is Nc1cc(CSc2ccccc2Cl)ccc1Cl. The molecule has 0 aliphatic heterocycles. The number of rotatable bonds is 3. The second kappa shape index (κ2) is 5.67. The molecular formula is C13H11Cl2NS. The van der Waals surface area contributed by atoms with E-state index in [9.17, 15) is 0 Å². The first-order chi connectivity index (χ1) is 8.16. The molecule has 0 heterocycles. The predicted molar refractivity (Wildman–Crippen MR) is 76.9 cm³/mol. The van der Waals surface area contributed by atoms with Gasteiger partial charge in [-0.05, 0) is 29.8 Å². The highest BCUT2D eigenvalue weighted by atomic mass is 35.5. The van der Waals surface area contributed by atoms with Crippen LogP contribution in [0.25, 0.3) is 0 Å². The third kappa shape index (κ3) is 3.32. The second-order valence-electron chi connectivity index (χ2n) is 3.57. The van der Waals surface area contributed by atoms with E-state index in [1.807, 2.05) is 42.5 Å². The molecule has 0 spiro atoms. The molecule has 0 bridgehead atoms. The lowest BCUT2D eigenvalue weighted by Crippen LogP contribution is -1.89. The number of benzene rings is 2. The van der Waals surface area contributed by atoms with Crippen LogP contribution < -0.4 is 5.73 Å². The van der Waals surface area contributed by atoms with Crippen LogP contribution >= 0.6 is 35.0 Å². The molecule has 88 valence electrons. The quantitative estimate of drug-likeness (QED) is 0.643. The first kappa shape index (κ1) is 12.6. The first-order valence-corrected chi connectivity index (χ1v) is 6.82. The minimum atomic E-state index is 0.594. The maximum Gasteiger partial charge on any atom is 0.0635 e. The number of nitrogen functional groups attached to an aromatic ring is 1. The summed E-state index contributed by atoms with van der Waals surface area (Å²) in [6.07, 6.45) is 0. The Morgan fingerprint density at radius 3 is 2.47 bits per heavy atom. The van der Waals surface area contributed by atoms with Crippen LogP contribution in [-0.2, 0) is 5.75 Å². The molecule has 0 aliphatic rings. The minimum Gasteiger partial charge on any atom is -0.398 e. The van der Waals surface area contributed by atoms with Crippen molar-refractivity contribution in [1.29, 1.82) is 0 Å². The summed E-state index contributed by atoms with van der Waals surface area (Å²) in [6, 6.07) is 13.5. The summed E-state index contributed by atoms with van der Waals surface area (Å²) in [7, 11) is 0. The molecule has 0 radical (unpaired) electrons. The van der Waals surface area contributed by atoms with Crippen molar-refractivity contribution < 1.29 is 0 Å². The standard InChI is InChI=1S/C13H11Cl2NS/c14-10-6-5-9(7-12(10)16)8-17-13-4-2-1-3-11(13)15/h1-7H,8,16H2. The zero-order chi connectivity index (χ0) is 12.3. The van der Waals surface area contributed by atoms with Crippen LogP contribution in [0.4, 0.5) is 5.69 Å². The molecule has 0 aromatic heterocycles. The van der Waals surface area contributed by atoms with Gasteiger partial charge in [-0.3, -0.25) is 0 Å². The lowest BCUT2D eigenvalue weighted by Gasteiger charge is -2.05. The molecule has 0 aliphatic carbocycles. The summed E-state index contributed by atoms with van der Waals surface area (Å²) in [6.45, 7) is 0. The number of hydrogen-bond donors (Lipinski definition) is 1. The van der Waals surface area contributed by atoms with Crippen LogP contribution in [0.2, 0.25) is 10.0 Å². The highest BCUT2D eigenvalue weighted by molar-refractivity contribution is 7.98. The molecule has 0 amide bonds. The van der Waals surface area contributed by atoms with E-state index in [0.29, 0.717) is 10.7 Å². The molecule has 4 heteroatoms. The fourth-order valence-electron chi connectivity index (χ4n) is 1.41. The summed E-state index contributed by atoms with van der Waals surface area (Å²) >= 11 is 13.6. The molecule has 0 atom stereocenters. The lowest BCUT2D eigenvalue weighted by molar-refractivity contribution is 1.38. The number of thioether (sulfide) groups is 1. The van der Waals surface area contributed by atoms with Gasteiger partial charge >= 0.3 is 0 Å². The number of halogens is 2. The van der Waals surface area contributed by atoms with E-state index in [1.165, 1.54) is 0 Å². The molecule has 0 saturated heterocycles. The van der Waals surface area contributed by atoms with Crippen molar-refractivity contribution in [2.45, 2.75) is 10.6 Å². The van der Waals surface area contributed by atoms with Gasteiger partial charge in [-0.1, -0.05) is 41.4 Å². The minimum absolute atomic E-state index is 0.594. The van der Waals surface area contributed by atoms with Crippen LogP contribution in [0.1, 0.15) is 5.56 Å². The van der Waals surface area contributed by atoms with Gasteiger partial charge in [0.05, 0.1) is 15.7 Å². The van der Waals surface area contributed by atoms with Crippen molar-refractivity contribution in [2.75, 3.05) is 5.73 Å². The Labute approximate surface area is 115 Å². The maximum atomic E-state index is 6.08. The highest BCUT2D eigenvalue weighted by Crippen LogP contribution is 2.30. The van der Waals surface area contributed by atoms with Crippen LogP contribution in [0.5, 0.6) is 0 Å². The maximum absolute atomic E-state index is 6.08. The molecule has 2 aromatic rings. The Morgan fingerprint density at radius 2 is 1.76 bits per heavy atom. The van der Waals surface area contributed by atoms with E-state index in [1.54, 1.807) is 11.8 Å². The van der Waals surface area contributed by atoms with E-state index < -0.39 is 0 Å². The molecule has 0 unspecified atom stereocenters. The zero-order valence-electron chi connectivity index (χ0n) is 8.99. The smallest absolute Gasteiger partial charge is 0.0635 e. The average molecular weight is 284 g/mol. The lowest BCUT2D eigenvalue weighted by atomic mass is 10.2. The van der Waals surface area contributed by atoms with E-state index in [0.717, 1.165) is 21.2 Å². The monoisotopic (exact) mass is 283 g/mol. The van der Waals surface area contributed by atoms with Crippen LogP contribution in [0.3, 0.4) is 0 Å². The molecule has 2 aromatic carbocycles. The van der Waals surface area contributed by atoms with Gasteiger partial charge in [-0.2, -0.15) is 0 Å². The van der Waals surface area contributed by atoms with Crippen molar-refractivity contribution in [3.8, 4) is 0 Å². The normalized spacial score (nSPS) is 10.5. The molecule has 1 nitrogen and oxygen atoms in total. The van der Waals surface area contributed by atoms with E-state index >= 15 is 0 Å². The largest absolute Gasteiger partial charge is 0.398 e. The van der Waals surface area contributed by atoms with Gasteiger partial charge in [0.15, 0.2) is 0 Å². The molecule has 2 rings (SSSR count). The zero-order valence-corrected chi connectivity index (χ0v) is 11.3. The molecule has 0 saturated carbocycles. The third-order valence-corrected chi connectivity index (χ3v) is 4.22. The van der Waals surface area contributed by atoms with Crippen LogP contribution in [0.15, 0.2) is 47.4 Å². The van der Waals surface area contributed by atoms with E-state index in [4.69, 9.17) is 28.9 Å². The second-order valence-corrected chi connectivity index (χ2v) is 5.41. The van der Waals surface area contributed by atoms with E-state index in [-0.39, 0.29) is 0 Å². The third-order valence-electron chi connectivity index (χ3n) is 2.29. The molecule has 2 N–H and O–H groups in total. The fraction of sp³-hybridized carbons (Fsp3) is 0.0769. The summed E-state index contributed by atoms with van der Waals surface area (Å²) in [4.78, 5) is 1.07. The Hall–Kier alpha value is -0.830. The predicted octanol–water partition coefficient (Wildman–Crippen LogP) is 4.87. The topological polar surface area (TPSA) is 26.0 Å². The van der Waals surface area contributed by atoms with Gasteiger partial charge in [0.1, 0.15) is 0 Å². The fourth-order valence-corrected chi connectivity index (χ4v) is 2.71. The van der Waals surface area contributed by atoms with E-state index in [2.05, 4.69) is 0 Å². The Morgan fingerprint density at radius 1 is 1.00 bits per heavy atom. The van der Waals surface area contributed by atoms with Gasteiger partial charge < -0.3 is 5.73 Å². The Bertz CT molecular complexity index is 529. The summed E-state index contributed by atoms with van der Waals surface area (Å²) in [5, 5.41) is 1.37. The van der Waals surface area contributed by atoms with Gasteiger partial charge in [-0.25, -0.2) is 0 Å². The average Bonchev–Trinajstić information content (AvgIpc) is 2.32. The number of nitrogens with two attached hydrogens (primary N) is 1. The van der Waals surface area contributed by atoms with Crippen molar-refractivity contribution in [1.82, 2.24) is 0 Å². The summed E-state index contributed by atoms with van der Waals surface area (Å²) < 4.78 is 0. The van der Waals surface area contributed by atoms with Crippen LogP contribution in [0, 0.1) is 0 Å². The molecular weight excluding hydrogens is 273 g/mol. The summed E-state index contributed by atoms with van der Waals surface area (Å²) in [5.74, 6) is 0.825. The van der Waals surface area contributed by atoms with Crippen molar-refractivity contribution in [3.63, 3.8) is 0 Å². The summed E-state index contributed by atoms with van der Waals surface area (Å²) in [5.41, 5.74) is 7.50. The van der Waals surface area contributed by atoms with Crippen molar-refractivity contribution >= 4 is 40.7 Å². The van der Waals surface area contributed by atoms with Gasteiger partial charge in [0.25, 0.3) is 0 Å². The van der Waals surface area contributed by atoms with Crippen molar-refractivity contribution in [2.24, 2.45) is 0 Å². The van der Waals surface area contributed by atoms with Gasteiger partial charge in [0, 0.05) is 10.6 Å². The first-order valence-electron chi connectivity index (χ1n) is 5.08.